The molecule has 2 unspecified atom stereocenters. The number of ether oxygens (including phenoxy) is 1. The Hall–Kier alpha value is -2.35. The smallest absolute Gasteiger partial charge is 0.319 e. The molecule has 0 aliphatic carbocycles. The molecule has 0 radical (unpaired) electrons. The van der Waals surface area contributed by atoms with Crippen molar-refractivity contribution in [3.63, 3.8) is 0 Å². The van der Waals surface area contributed by atoms with Gasteiger partial charge in [-0.15, -0.1) is 0 Å². The molecule has 0 spiro atoms. The average Bonchev–Trinajstić information content (AvgIpc) is 2.95. The average molecular weight is 306 g/mol. The lowest BCUT2D eigenvalue weighted by Gasteiger charge is -2.19. The van der Waals surface area contributed by atoms with E-state index in [2.05, 4.69) is 26.0 Å². The molecule has 0 bridgehead atoms. The summed E-state index contributed by atoms with van der Waals surface area (Å²) in [6.45, 7) is 4.25. The van der Waals surface area contributed by atoms with Gasteiger partial charge < -0.3 is 4.74 Å². The molecule has 1 saturated heterocycles. The molecule has 3 rings (SSSR count). The number of hydrogen-bond acceptors (Lipinski definition) is 2. The minimum atomic E-state index is -0.262. The van der Waals surface area contributed by atoms with Gasteiger partial charge in [-0.3, -0.25) is 4.79 Å². The summed E-state index contributed by atoms with van der Waals surface area (Å²) >= 11 is 0. The standard InChI is InChI=1S/C21H22O2/c1-3-15(4-2)20-18(16-11-7-5-8-12-16)19(21(22)23-20)17-13-9-6-10-14-17/h5-14,18-19H,3-4H2,1-2H3. The number of benzene rings is 2. The monoisotopic (exact) mass is 306 g/mol. The van der Waals surface area contributed by atoms with Crippen molar-refractivity contribution >= 4 is 5.97 Å². The predicted octanol–water partition coefficient (Wildman–Crippen LogP) is 5.18. The molecule has 0 saturated carbocycles. The maximum absolute atomic E-state index is 12.6. The third kappa shape index (κ3) is 2.94. The summed E-state index contributed by atoms with van der Waals surface area (Å²) in [5.41, 5.74) is 3.39. The Labute approximate surface area is 137 Å². The molecular formula is C21H22O2. The molecule has 1 aliphatic heterocycles. The molecule has 23 heavy (non-hydrogen) atoms. The summed E-state index contributed by atoms with van der Waals surface area (Å²) in [6, 6.07) is 20.2. The molecule has 1 heterocycles. The summed E-state index contributed by atoms with van der Waals surface area (Å²) in [6.07, 6.45) is 1.81. The highest BCUT2D eigenvalue weighted by Crippen LogP contribution is 2.47. The molecule has 2 atom stereocenters. The van der Waals surface area contributed by atoms with E-state index in [1.807, 2.05) is 48.5 Å². The molecule has 0 aromatic heterocycles. The SMILES string of the molecule is CCC(CC)=C1OC(=O)C(c2ccccc2)C1c1ccccc1. The first-order chi connectivity index (χ1) is 11.3. The van der Waals surface area contributed by atoms with Gasteiger partial charge in [0.25, 0.3) is 0 Å². The molecule has 1 fully saturated rings. The van der Waals surface area contributed by atoms with E-state index in [4.69, 9.17) is 4.74 Å². The van der Waals surface area contributed by atoms with E-state index in [0.29, 0.717) is 0 Å². The quantitative estimate of drug-likeness (QED) is 0.727. The lowest BCUT2D eigenvalue weighted by atomic mass is 9.80. The molecule has 1 aliphatic rings. The van der Waals surface area contributed by atoms with E-state index in [0.717, 1.165) is 29.7 Å². The van der Waals surface area contributed by atoms with Gasteiger partial charge in [0, 0.05) is 0 Å². The van der Waals surface area contributed by atoms with Crippen LogP contribution in [-0.4, -0.2) is 5.97 Å². The highest BCUT2D eigenvalue weighted by Gasteiger charge is 2.43. The Morgan fingerprint density at radius 1 is 0.826 bits per heavy atom. The van der Waals surface area contributed by atoms with Gasteiger partial charge in [0.1, 0.15) is 5.76 Å². The van der Waals surface area contributed by atoms with Gasteiger partial charge in [0.05, 0.1) is 11.8 Å². The summed E-state index contributed by atoms with van der Waals surface area (Å²) in [7, 11) is 0. The number of carbonyl (C=O) groups excluding carboxylic acids is 1. The minimum Gasteiger partial charge on any atom is -0.430 e. The number of carbonyl (C=O) groups is 1. The van der Waals surface area contributed by atoms with Gasteiger partial charge in [0.2, 0.25) is 0 Å². The zero-order valence-corrected chi connectivity index (χ0v) is 13.7. The number of esters is 1. The van der Waals surface area contributed by atoms with Crippen LogP contribution in [0, 0.1) is 0 Å². The molecule has 2 aromatic carbocycles. The van der Waals surface area contributed by atoms with Crippen molar-refractivity contribution in [1.82, 2.24) is 0 Å². The first-order valence-electron chi connectivity index (χ1n) is 8.29. The Bertz CT molecular complexity index is 695. The Balaban J connectivity index is 2.15. The first-order valence-corrected chi connectivity index (χ1v) is 8.29. The maximum atomic E-state index is 12.6. The Morgan fingerprint density at radius 3 is 1.78 bits per heavy atom. The lowest BCUT2D eigenvalue weighted by Crippen LogP contribution is -2.12. The van der Waals surface area contributed by atoms with Crippen molar-refractivity contribution in [1.29, 1.82) is 0 Å². The van der Waals surface area contributed by atoms with Crippen LogP contribution < -0.4 is 0 Å². The van der Waals surface area contributed by atoms with Crippen LogP contribution in [0.3, 0.4) is 0 Å². The Kier molecular flexibility index (Phi) is 4.61. The van der Waals surface area contributed by atoms with Crippen LogP contribution in [0.4, 0.5) is 0 Å². The van der Waals surface area contributed by atoms with Crippen LogP contribution in [0.15, 0.2) is 72.0 Å². The van der Waals surface area contributed by atoms with Crippen molar-refractivity contribution in [2.75, 3.05) is 0 Å². The molecule has 2 heteroatoms. The van der Waals surface area contributed by atoms with Crippen molar-refractivity contribution in [2.24, 2.45) is 0 Å². The van der Waals surface area contributed by atoms with E-state index in [1.165, 1.54) is 5.57 Å². The second-order valence-corrected chi connectivity index (χ2v) is 5.87. The fourth-order valence-corrected chi connectivity index (χ4v) is 3.41. The maximum Gasteiger partial charge on any atom is 0.319 e. The first kappa shape index (κ1) is 15.5. The van der Waals surface area contributed by atoms with Crippen LogP contribution in [0.25, 0.3) is 0 Å². The van der Waals surface area contributed by atoms with Gasteiger partial charge >= 0.3 is 5.97 Å². The van der Waals surface area contributed by atoms with Crippen molar-refractivity contribution in [2.45, 2.75) is 38.5 Å². The summed E-state index contributed by atoms with van der Waals surface area (Å²) in [5.74, 6) is 0.433. The van der Waals surface area contributed by atoms with E-state index >= 15 is 0 Å². The topological polar surface area (TPSA) is 26.3 Å². The molecule has 118 valence electrons. The minimum absolute atomic E-state index is 0.0269. The Morgan fingerprint density at radius 2 is 1.30 bits per heavy atom. The fourth-order valence-electron chi connectivity index (χ4n) is 3.41. The zero-order chi connectivity index (χ0) is 16.2. The molecule has 0 N–H and O–H groups in total. The summed E-state index contributed by atoms with van der Waals surface area (Å²) in [4.78, 5) is 12.6. The van der Waals surface area contributed by atoms with Crippen LogP contribution in [-0.2, 0) is 9.53 Å². The molecule has 2 aromatic rings. The highest BCUT2D eigenvalue weighted by molar-refractivity contribution is 5.84. The normalized spacial score (nSPS) is 20.4. The van der Waals surface area contributed by atoms with Crippen molar-refractivity contribution in [3.8, 4) is 0 Å². The van der Waals surface area contributed by atoms with Crippen LogP contribution >= 0.6 is 0 Å². The van der Waals surface area contributed by atoms with E-state index < -0.39 is 0 Å². The third-order valence-electron chi connectivity index (χ3n) is 4.60. The van der Waals surface area contributed by atoms with Gasteiger partial charge in [-0.05, 0) is 29.5 Å². The second kappa shape index (κ2) is 6.82. The van der Waals surface area contributed by atoms with E-state index in [-0.39, 0.29) is 17.8 Å². The second-order valence-electron chi connectivity index (χ2n) is 5.87. The van der Waals surface area contributed by atoms with Crippen molar-refractivity contribution < 1.29 is 9.53 Å². The van der Waals surface area contributed by atoms with Crippen LogP contribution in [0.5, 0.6) is 0 Å². The van der Waals surface area contributed by atoms with Gasteiger partial charge in [-0.1, -0.05) is 74.5 Å². The largest absolute Gasteiger partial charge is 0.430 e. The van der Waals surface area contributed by atoms with Gasteiger partial charge in [-0.25, -0.2) is 0 Å². The summed E-state index contributed by atoms with van der Waals surface area (Å²) < 4.78 is 5.78. The highest BCUT2D eigenvalue weighted by atomic mass is 16.5. The fraction of sp³-hybridized carbons (Fsp3) is 0.286. The van der Waals surface area contributed by atoms with Gasteiger partial charge in [0.15, 0.2) is 0 Å². The van der Waals surface area contributed by atoms with Crippen molar-refractivity contribution in [3.05, 3.63) is 83.1 Å². The van der Waals surface area contributed by atoms with Crippen LogP contribution in [0.2, 0.25) is 0 Å². The number of rotatable bonds is 4. The van der Waals surface area contributed by atoms with Crippen LogP contribution in [0.1, 0.15) is 49.7 Å². The van der Waals surface area contributed by atoms with Gasteiger partial charge in [-0.2, -0.15) is 0 Å². The predicted molar refractivity (Wildman–Crippen MR) is 92.1 cm³/mol. The number of hydrogen-bond donors (Lipinski definition) is 0. The summed E-state index contributed by atoms with van der Waals surface area (Å²) in [5, 5.41) is 0. The molecule has 2 nitrogen and oxygen atoms in total. The molecular weight excluding hydrogens is 284 g/mol. The lowest BCUT2D eigenvalue weighted by molar-refractivity contribution is -0.137. The van der Waals surface area contributed by atoms with E-state index in [1.54, 1.807) is 0 Å². The third-order valence-corrected chi connectivity index (χ3v) is 4.60. The number of allylic oxidation sites excluding steroid dienone is 2. The van der Waals surface area contributed by atoms with E-state index in [9.17, 15) is 4.79 Å². The molecule has 0 amide bonds. The number of cyclic esters (lactones) is 1. The zero-order valence-electron chi connectivity index (χ0n) is 13.7.